The highest BCUT2D eigenvalue weighted by Crippen LogP contribution is 2.42. The average molecular weight is 339 g/mol. The van der Waals surface area contributed by atoms with Crippen molar-refractivity contribution in [3.63, 3.8) is 0 Å². The molecule has 0 bridgehead atoms. The van der Waals surface area contributed by atoms with Crippen LogP contribution >= 0.6 is 11.8 Å². The molecule has 2 aromatic carbocycles. The van der Waals surface area contributed by atoms with Gasteiger partial charge in [0, 0.05) is 21.7 Å². The van der Waals surface area contributed by atoms with Crippen LogP contribution in [0.4, 0.5) is 17.2 Å². The highest BCUT2D eigenvalue weighted by atomic mass is 32.2. The molecular formula is C20H14BN3S. The normalized spacial score (nSPS) is 14.1. The maximum atomic E-state index is 2.38. The average Bonchev–Trinajstić information content (AvgIpc) is 3.31. The van der Waals surface area contributed by atoms with E-state index in [-0.39, 0.29) is 6.98 Å². The number of para-hydroxylation sites is 1. The quantitative estimate of drug-likeness (QED) is 0.414. The molecule has 4 aromatic rings. The minimum atomic E-state index is 0.183. The fourth-order valence-electron chi connectivity index (χ4n) is 4.02. The lowest BCUT2D eigenvalue weighted by Gasteiger charge is -2.39. The van der Waals surface area contributed by atoms with Gasteiger partial charge >= 0.3 is 6.98 Å². The fourth-order valence-corrected chi connectivity index (χ4v) is 5.12. The van der Waals surface area contributed by atoms with Gasteiger partial charge in [-0.15, -0.1) is 0 Å². The number of rotatable bonds is 1. The zero-order valence-electron chi connectivity index (χ0n) is 13.4. The third kappa shape index (κ3) is 1.73. The summed E-state index contributed by atoms with van der Waals surface area (Å²) in [5.74, 6) is 1.20. The van der Waals surface area contributed by atoms with E-state index in [0.29, 0.717) is 0 Å². The largest absolute Gasteiger partial charge is 0.424 e. The van der Waals surface area contributed by atoms with Crippen LogP contribution in [0.5, 0.6) is 0 Å². The molecule has 0 N–H and O–H groups in total. The van der Waals surface area contributed by atoms with Crippen LogP contribution in [0.3, 0.4) is 0 Å². The Balaban J connectivity index is 1.69. The second-order valence-corrected chi connectivity index (χ2v) is 7.43. The lowest BCUT2D eigenvalue weighted by atomic mass is 9.64. The Morgan fingerprint density at radius 2 is 1.56 bits per heavy atom. The second-order valence-electron chi connectivity index (χ2n) is 6.36. The van der Waals surface area contributed by atoms with Crippen molar-refractivity contribution in [1.29, 1.82) is 0 Å². The van der Waals surface area contributed by atoms with Gasteiger partial charge < -0.3 is 8.96 Å². The number of benzene rings is 2. The van der Waals surface area contributed by atoms with Gasteiger partial charge in [-0.05, 0) is 60.9 Å². The molecule has 0 saturated carbocycles. The van der Waals surface area contributed by atoms with Gasteiger partial charge in [0.15, 0.2) is 0 Å². The zero-order chi connectivity index (χ0) is 16.4. The van der Waals surface area contributed by atoms with E-state index in [4.69, 9.17) is 0 Å². The molecule has 0 spiro atoms. The molecule has 6 rings (SSSR count). The van der Waals surface area contributed by atoms with Crippen LogP contribution in [0.25, 0.3) is 0 Å². The minimum absolute atomic E-state index is 0.183. The van der Waals surface area contributed by atoms with Crippen molar-refractivity contribution >= 4 is 41.4 Å². The molecule has 0 atom stereocenters. The van der Waals surface area contributed by atoms with E-state index in [9.17, 15) is 0 Å². The Morgan fingerprint density at radius 3 is 2.48 bits per heavy atom. The van der Waals surface area contributed by atoms with Gasteiger partial charge in [0.1, 0.15) is 5.82 Å². The molecule has 0 radical (unpaired) electrons. The van der Waals surface area contributed by atoms with E-state index in [0.717, 1.165) is 0 Å². The third-order valence-corrected chi connectivity index (χ3v) is 6.16. The van der Waals surface area contributed by atoms with E-state index in [1.54, 1.807) is 0 Å². The molecule has 0 aliphatic carbocycles. The van der Waals surface area contributed by atoms with E-state index >= 15 is 0 Å². The predicted octanol–water partition coefficient (Wildman–Crippen LogP) is 4.33. The van der Waals surface area contributed by atoms with Gasteiger partial charge in [-0.25, -0.2) is 0 Å². The first-order valence-electron chi connectivity index (χ1n) is 8.41. The van der Waals surface area contributed by atoms with E-state index in [2.05, 4.69) is 99.0 Å². The van der Waals surface area contributed by atoms with Crippen LogP contribution < -0.4 is 10.4 Å². The van der Waals surface area contributed by atoms with Crippen molar-refractivity contribution in [2.75, 3.05) is 4.90 Å². The van der Waals surface area contributed by atoms with Crippen molar-refractivity contribution < 1.29 is 0 Å². The Hall–Kier alpha value is -2.79. The first-order valence-corrected chi connectivity index (χ1v) is 9.23. The smallest absolute Gasteiger partial charge is 0.362 e. The molecule has 5 heteroatoms. The number of anilines is 3. The molecule has 0 saturated heterocycles. The van der Waals surface area contributed by atoms with Crippen LogP contribution in [0.15, 0.2) is 95.1 Å². The zero-order valence-corrected chi connectivity index (χ0v) is 14.2. The number of fused-ring (bicyclic) bond motifs is 4. The highest BCUT2D eigenvalue weighted by Gasteiger charge is 2.40. The highest BCUT2D eigenvalue weighted by molar-refractivity contribution is 7.99. The Bertz CT molecular complexity index is 1100. The van der Waals surface area contributed by atoms with Crippen molar-refractivity contribution in [2.24, 2.45) is 0 Å². The summed E-state index contributed by atoms with van der Waals surface area (Å²) >= 11 is 1.85. The lowest BCUT2D eigenvalue weighted by Crippen LogP contribution is -2.53. The first-order chi connectivity index (χ1) is 12.4. The van der Waals surface area contributed by atoms with Crippen LogP contribution in [0.2, 0.25) is 0 Å². The van der Waals surface area contributed by atoms with Gasteiger partial charge in [-0.2, -0.15) is 0 Å². The van der Waals surface area contributed by atoms with Crippen molar-refractivity contribution in [3.8, 4) is 0 Å². The maximum absolute atomic E-state index is 2.38. The molecule has 118 valence electrons. The topological polar surface area (TPSA) is 13.1 Å². The lowest BCUT2D eigenvalue weighted by molar-refractivity contribution is 0.958. The molecule has 0 amide bonds. The third-order valence-electron chi connectivity index (χ3n) is 5.02. The van der Waals surface area contributed by atoms with Crippen LogP contribution in [0.1, 0.15) is 0 Å². The van der Waals surface area contributed by atoms with Crippen molar-refractivity contribution in [3.05, 3.63) is 85.2 Å². The predicted molar refractivity (Wildman–Crippen MR) is 104 cm³/mol. The van der Waals surface area contributed by atoms with Crippen LogP contribution in [-0.4, -0.2) is 15.9 Å². The van der Waals surface area contributed by atoms with Gasteiger partial charge in [-0.3, -0.25) is 4.90 Å². The Kier molecular flexibility index (Phi) is 2.63. The second kappa shape index (κ2) is 4.86. The van der Waals surface area contributed by atoms with Crippen molar-refractivity contribution in [1.82, 2.24) is 8.96 Å². The summed E-state index contributed by atoms with van der Waals surface area (Å²) in [6.45, 7) is 0.183. The number of nitrogens with zero attached hydrogens (tertiary/aromatic N) is 3. The molecule has 25 heavy (non-hydrogen) atoms. The van der Waals surface area contributed by atoms with Gasteiger partial charge in [-0.1, -0.05) is 36.0 Å². The van der Waals surface area contributed by atoms with Crippen molar-refractivity contribution in [2.45, 2.75) is 9.92 Å². The Labute approximate surface area is 150 Å². The van der Waals surface area contributed by atoms with Crippen LogP contribution in [0, 0.1) is 0 Å². The number of hydrogen-bond acceptors (Lipinski definition) is 2. The van der Waals surface area contributed by atoms with Gasteiger partial charge in [0.2, 0.25) is 0 Å². The summed E-state index contributed by atoms with van der Waals surface area (Å²) in [5, 5.41) is 1.29. The molecule has 2 aromatic heterocycles. The Morgan fingerprint density at radius 1 is 0.720 bits per heavy atom. The van der Waals surface area contributed by atoms with Gasteiger partial charge in [0.05, 0.1) is 5.03 Å². The van der Waals surface area contributed by atoms with E-state index < -0.39 is 0 Å². The molecular weight excluding hydrogens is 325 g/mol. The maximum Gasteiger partial charge on any atom is 0.424 e. The molecule has 4 heterocycles. The molecule has 2 aliphatic rings. The number of hydrogen-bond donors (Lipinski definition) is 0. The number of aromatic nitrogens is 2. The summed E-state index contributed by atoms with van der Waals surface area (Å²) in [4.78, 5) is 3.71. The summed E-state index contributed by atoms with van der Waals surface area (Å²) < 4.78 is 4.75. The molecule has 0 unspecified atom stereocenters. The molecule has 2 aliphatic heterocycles. The summed E-state index contributed by atoms with van der Waals surface area (Å²) in [6, 6.07) is 26.0. The SMILES string of the molecule is c1ccc(N2c3cccc4c3B(n3cccc3S4)n3cccc32)cc1. The summed E-state index contributed by atoms with van der Waals surface area (Å²) in [5.41, 5.74) is 3.84. The van der Waals surface area contributed by atoms with E-state index in [1.165, 1.54) is 32.6 Å². The monoisotopic (exact) mass is 339 g/mol. The van der Waals surface area contributed by atoms with E-state index in [1.807, 2.05) is 11.8 Å². The summed E-state index contributed by atoms with van der Waals surface area (Å²) in [7, 11) is 0. The van der Waals surface area contributed by atoms with Crippen LogP contribution in [-0.2, 0) is 0 Å². The fraction of sp³-hybridized carbons (Fsp3) is 0. The summed E-state index contributed by atoms with van der Waals surface area (Å²) in [6.07, 6.45) is 4.38. The minimum Gasteiger partial charge on any atom is -0.362 e. The first kappa shape index (κ1) is 13.5. The molecule has 3 nitrogen and oxygen atoms in total. The van der Waals surface area contributed by atoms with Gasteiger partial charge in [0.25, 0.3) is 0 Å². The molecule has 0 fully saturated rings. The standard InChI is InChI=1S/C20H14BN3S/c1-2-7-15(8-3-1)24-16-9-4-10-17-20(16)21(22-13-5-11-18(22)24)23-14-6-12-19(23)25-17/h1-14H.